The molecule has 0 aromatic heterocycles. The largest absolute Gasteiger partial charge is 0.454 e. The molecule has 1 amide bonds. The number of benzene rings is 3. The zero-order valence-electron chi connectivity index (χ0n) is 21.5. The number of esters is 2. The summed E-state index contributed by atoms with van der Waals surface area (Å²) >= 11 is 5.82. The van der Waals surface area contributed by atoms with Crippen LogP contribution in [0.3, 0.4) is 0 Å². The number of nitrogens with one attached hydrogen (secondary N) is 1. The minimum Gasteiger partial charge on any atom is -0.454 e. The van der Waals surface area contributed by atoms with E-state index in [1.165, 1.54) is 38.1 Å². The normalized spacial score (nSPS) is 12.1. The molecule has 2 atom stereocenters. The Morgan fingerprint density at radius 3 is 1.85 bits per heavy atom. The maximum absolute atomic E-state index is 12.4. The number of carbonyl (C=O) groups is 5. The zero-order valence-corrected chi connectivity index (χ0v) is 22.3. The Balaban J connectivity index is 1.39. The van der Waals surface area contributed by atoms with Crippen molar-refractivity contribution < 1.29 is 33.4 Å². The summed E-state index contributed by atoms with van der Waals surface area (Å²) in [5.41, 5.74) is 1.51. The highest BCUT2D eigenvalue weighted by molar-refractivity contribution is 6.30. The third-order valence-corrected chi connectivity index (χ3v) is 5.96. The SMILES string of the molecule is CC(OC(=O)CCCC(=O)Nc1ccc(C(=O)OC(C)C(=O)c2ccccc2)cc1)C(=O)c1ccc(Cl)cc1. The van der Waals surface area contributed by atoms with Gasteiger partial charge in [-0.2, -0.15) is 0 Å². The Bertz CT molecular complexity index is 1320. The molecule has 0 spiro atoms. The number of amides is 1. The fraction of sp³-hybridized carbons (Fsp3) is 0.233. The van der Waals surface area contributed by atoms with E-state index in [9.17, 15) is 24.0 Å². The first-order chi connectivity index (χ1) is 18.6. The molecular weight excluding hydrogens is 522 g/mol. The average molecular weight is 550 g/mol. The first-order valence-electron chi connectivity index (χ1n) is 12.3. The van der Waals surface area contributed by atoms with Gasteiger partial charge in [0.25, 0.3) is 0 Å². The van der Waals surface area contributed by atoms with Crippen molar-refractivity contribution in [2.24, 2.45) is 0 Å². The molecule has 0 heterocycles. The van der Waals surface area contributed by atoms with Crippen molar-refractivity contribution in [1.29, 1.82) is 0 Å². The molecule has 0 aliphatic rings. The molecule has 8 nitrogen and oxygen atoms in total. The molecule has 0 aliphatic carbocycles. The van der Waals surface area contributed by atoms with E-state index in [0.29, 0.717) is 21.8 Å². The van der Waals surface area contributed by atoms with Crippen molar-refractivity contribution in [3.63, 3.8) is 0 Å². The first kappa shape index (κ1) is 29.3. The number of hydrogen-bond donors (Lipinski definition) is 1. The summed E-state index contributed by atoms with van der Waals surface area (Å²) in [6.45, 7) is 3.00. The Hall–Kier alpha value is -4.30. The van der Waals surface area contributed by atoms with Gasteiger partial charge in [0.05, 0.1) is 5.56 Å². The van der Waals surface area contributed by atoms with Gasteiger partial charge in [-0.25, -0.2) is 4.79 Å². The van der Waals surface area contributed by atoms with Crippen molar-refractivity contribution in [2.75, 3.05) is 5.32 Å². The molecule has 1 N–H and O–H groups in total. The Morgan fingerprint density at radius 2 is 1.23 bits per heavy atom. The molecule has 0 saturated carbocycles. The van der Waals surface area contributed by atoms with Crippen LogP contribution in [0.15, 0.2) is 78.9 Å². The monoisotopic (exact) mass is 549 g/mol. The minimum atomic E-state index is -0.961. The molecule has 2 unspecified atom stereocenters. The number of ketones is 2. The molecule has 9 heteroatoms. The summed E-state index contributed by atoms with van der Waals surface area (Å²) < 4.78 is 10.5. The van der Waals surface area contributed by atoms with Gasteiger partial charge < -0.3 is 14.8 Å². The summed E-state index contributed by atoms with van der Waals surface area (Å²) in [4.78, 5) is 61.5. The summed E-state index contributed by atoms with van der Waals surface area (Å²) in [6, 6.07) is 20.9. The van der Waals surface area contributed by atoms with Gasteiger partial charge in [0, 0.05) is 34.7 Å². The number of halogens is 1. The highest BCUT2D eigenvalue weighted by Crippen LogP contribution is 2.15. The van der Waals surface area contributed by atoms with Gasteiger partial charge in [0.2, 0.25) is 17.5 Å². The third-order valence-electron chi connectivity index (χ3n) is 5.71. The van der Waals surface area contributed by atoms with E-state index in [1.54, 1.807) is 54.6 Å². The number of hydrogen-bond acceptors (Lipinski definition) is 7. The van der Waals surface area contributed by atoms with Crippen LogP contribution >= 0.6 is 11.6 Å². The first-order valence-corrected chi connectivity index (χ1v) is 12.7. The van der Waals surface area contributed by atoms with Crippen LogP contribution in [-0.4, -0.2) is 41.6 Å². The Labute approximate surface area is 231 Å². The van der Waals surface area contributed by atoms with Gasteiger partial charge >= 0.3 is 11.9 Å². The molecule has 0 fully saturated rings. The van der Waals surface area contributed by atoms with E-state index in [2.05, 4.69) is 5.32 Å². The van der Waals surface area contributed by atoms with Crippen molar-refractivity contribution in [2.45, 2.75) is 45.3 Å². The fourth-order valence-corrected chi connectivity index (χ4v) is 3.71. The molecule has 0 bridgehead atoms. The maximum atomic E-state index is 12.4. The van der Waals surface area contributed by atoms with Crippen molar-refractivity contribution >= 4 is 46.7 Å². The number of rotatable bonds is 12. The molecule has 0 aliphatic heterocycles. The molecule has 0 saturated heterocycles. The van der Waals surface area contributed by atoms with Crippen LogP contribution in [0.4, 0.5) is 5.69 Å². The van der Waals surface area contributed by atoms with Crippen LogP contribution in [0.5, 0.6) is 0 Å². The second-order valence-corrected chi connectivity index (χ2v) is 9.20. The molecule has 202 valence electrons. The lowest BCUT2D eigenvalue weighted by molar-refractivity contribution is -0.146. The van der Waals surface area contributed by atoms with E-state index < -0.39 is 24.1 Å². The molecule has 3 aromatic carbocycles. The predicted octanol–water partition coefficient (Wildman–Crippen LogP) is 5.69. The standard InChI is InChI=1S/C30H28ClNO7/c1-19(28(35)22-11-15-24(31)16-12-22)38-27(34)10-6-9-26(33)32-25-17-13-23(14-18-25)30(37)39-20(2)29(36)21-7-4-3-5-8-21/h3-5,7-8,11-20H,6,9-10H2,1-2H3,(H,32,33). The molecular formula is C30H28ClNO7. The van der Waals surface area contributed by atoms with E-state index in [0.717, 1.165) is 0 Å². The van der Waals surface area contributed by atoms with Gasteiger partial charge in [-0.3, -0.25) is 19.2 Å². The fourth-order valence-electron chi connectivity index (χ4n) is 3.58. The van der Waals surface area contributed by atoms with Crippen LogP contribution in [0.2, 0.25) is 5.02 Å². The highest BCUT2D eigenvalue weighted by atomic mass is 35.5. The lowest BCUT2D eigenvalue weighted by atomic mass is 10.1. The smallest absolute Gasteiger partial charge is 0.338 e. The van der Waals surface area contributed by atoms with E-state index in [1.807, 2.05) is 0 Å². The average Bonchev–Trinajstić information content (AvgIpc) is 2.93. The predicted molar refractivity (Wildman–Crippen MR) is 146 cm³/mol. The summed E-state index contributed by atoms with van der Waals surface area (Å²) in [7, 11) is 0. The maximum Gasteiger partial charge on any atom is 0.338 e. The Morgan fingerprint density at radius 1 is 0.692 bits per heavy atom. The van der Waals surface area contributed by atoms with E-state index >= 15 is 0 Å². The van der Waals surface area contributed by atoms with Crippen LogP contribution < -0.4 is 5.32 Å². The van der Waals surface area contributed by atoms with Crippen LogP contribution in [0, 0.1) is 0 Å². The number of Topliss-reactive ketones (excluding diaryl/α,β-unsaturated/α-hetero) is 2. The number of carbonyl (C=O) groups excluding carboxylic acids is 5. The van der Waals surface area contributed by atoms with Crippen molar-refractivity contribution in [3.8, 4) is 0 Å². The minimum absolute atomic E-state index is 0.0314. The van der Waals surface area contributed by atoms with E-state index in [4.69, 9.17) is 21.1 Å². The number of anilines is 1. The van der Waals surface area contributed by atoms with Crippen molar-refractivity contribution in [3.05, 3.63) is 101 Å². The summed E-state index contributed by atoms with van der Waals surface area (Å²) in [6.07, 6.45) is -1.67. The summed E-state index contributed by atoms with van der Waals surface area (Å²) in [5, 5.41) is 3.18. The molecule has 3 rings (SSSR count). The second-order valence-electron chi connectivity index (χ2n) is 8.76. The molecule has 0 radical (unpaired) electrons. The molecule has 39 heavy (non-hydrogen) atoms. The Kier molecular flexibility index (Phi) is 10.5. The molecule has 3 aromatic rings. The topological polar surface area (TPSA) is 116 Å². The number of ether oxygens (including phenoxy) is 2. The highest BCUT2D eigenvalue weighted by Gasteiger charge is 2.21. The van der Waals surface area contributed by atoms with Crippen LogP contribution in [-0.2, 0) is 19.1 Å². The van der Waals surface area contributed by atoms with E-state index in [-0.39, 0.29) is 42.3 Å². The lowest BCUT2D eigenvalue weighted by Gasteiger charge is -2.13. The quantitative estimate of drug-likeness (QED) is 0.228. The third kappa shape index (κ3) is 8.90. The summed E-state index contributed by atoms with van der Waals surface area (Å²) in [5.74, 6) is -2.22. The van der Waals surface area contributed by atoms with Crippen molar-refractivity contribution in [1.82, 2.24) is 0 Å². The second kappa shape index (κ2) is 14.0. The zero-order chi connectivity index (χ0) is 28.4. The lowest BCUT2D eigenvalue weighted by Crippen LogP contribution is -2.24. The van der Waals surface area contributed by atoms with Gasteiger partial charge in [0.1, 0.15) is 0 Å². The van der Waals surface area contributed by atoms with Gasteiger partial charge in [0.15, 0.2) is 12.2 Å². The van der Waals surface area contributed by atoms with Gasteiger partial charge in [-0.05, 0) is 68.8 Å². The van der Waals surface area contributed by atoms with Gasteiger partial charge in [-0.15, -0.1) is 0 Å². The van der Waals surface area contributed by atoms with Crippen LogP contribution in [0.1, 0.15) is 64.2 Å². The van der Waals surface area contributed by atoms with Crippen LogP contribution in [0.25, 0.3) is 0 Å². The van der Waals surface area contributed by atoms with Gasteiger partial charge in [-0.1, -0.05) is 41.9 Å².